The van der Waals surface area contributed by atoms with Gasteiger partial charge in [-0.25, -0.2) is 9.28 Å². The summed E-state index contributed by atoms with van der Waals surface area (Å²) in [5, 5.41) is 4.39. The number of quaternary nitrogens is 1. The highest BCUT2D eigenvalue weighted by molar-refractivity contribution is 8.18. The highest BCUT2D eigenvalue weighted by atomic mass is 35.5. The highest BCUT2D eigenvalue weighted by Crippen LogP contribution is 2.54. The molecule has 36 heavy (non-hydrogen) atoms. The van der Waals surface area contributed by atoms with Crippen molar-refractivity contribution in [2.24, 2.45) is 10.9 Å². The van der Waals surface area contributed by atoms with Crippen LogP contribution in [0.3, 0.4) is 0 Å². The van der Waals surface area contributed by atoms with Crippen molar-refractivity contribution in [3.8, 4) is 0 Å². The lowest BCUT2D eigenvalue weighted by atomic mass is 9.82. The number of thioether (sulfide) groups is 1. The number of aliphatic imine (C=N–C) groups is 1. The highest BCUT2D eigenvalue weighted by Gasteiger charge is 2.56. The summed E-state index contributed by atoms with van der Waals surface area (Å²) in [5.74, 6) is 0.109. The lowest BCUT2D eigenvalue weighted by Crippen LogP contribution is -2.58. The summed E-state index contributed by atoms with van der Waals surface area (Å²) < 4.78 is 0.124. The van der Waals surface area contributed by atoms with Crippen LogP contribution < -0.4 is 5.32 Å². The third kappa shape index (κ3) is 4.63. The van der Waals surface area contributed by atoms with Crippen molar-refractivity contribution >= 4 is 40.3 Å². The molecule has 1 unspecified atom stereocenters. The Balaban J connectivity index is 1.78. The smallest absolute Gasteiger partial charge is 0.354 e. The molecule has 0 spiro atoms. The maximum absolute atomic E-state index is 14.2. The van der Waals surface area contributed by atoms with Crippen molar-refractivity contribution in [1.29, 1.82) is 0 Å². The monoisotopic (exact) mass is 531 g/mol. The number of carbonyl (C=O) groups is 2. The number of unbranched alkanes of at least 4 members (excludes halogenated alkanes) is 2. The molecule has 3 aliphatic heterocycles. The first kappa shape index (κ1) is 27.2. The molecule has 196 valence electrons. The Labute approximate surface area is 225 Å². The Morgan fingerprint density at radius 3 is 2.58 bits per heavy atom. The molecule has 0 radical (unpaired) electrons. The molecule has 1 aromatic carbocycles. The van der Waals surface area contributed by atoms with Gasteiger partial charge in [-0.15, -0.1) is 0 Å². The van der Waals surface area contributed by atoms with Crippen LogP contribution in [0.1, 0.15) is 77.8 Å². The molecule has 0 saturated carbocycles. The number of benzene rings is 1. The van der Waals surface area contributed by atoms with E-state index >= 15 is 0 Å². The van der Waals surface area contributed by atoms with Crippen LogP contribution in [0, 0.1) is 5.92 Å². The van der Waals surface area contributed by atoms with Crippen molar-refractivity contribution in [1.82, 2.24) is 10.2 Å². The van der Waals surface area contributed by atoms with Crippen LogP contribution in [-0.2, 0) is 9.59 Å². The van der Waals surface area contributed by atoms with Crippen LogP contribution in [0.4, 0.5) is 0 Å². The van der Waals surface area contributed by atoms with Crippen molar-refractivity contribution in [3.05, 3.63) is 45.5 Å². The second-order valence-electron chi connectivity index (χ2n) is 11.1. The number of nitrogens with zero attached hydrogens (tertiary/aromatic N) is 3. The third-order valence-corrected chi connectivity index (χ3v) is 9.41. The Bertz CT molecular complexity index is 1090. The van der Waals surface area contributed by atoms with Gasteiger partial charge in [-0.3, -0.25) is 9.79 Å². The average molecular weight is 532 g/mol. The fraction of sp³-hybridized carbons (Fsp3) is 0.607. The first-order valence-electron chi connectivity index (χ1n) is 13.3. The number of hydrogen-bond acceptors (Lipinski definition) is 5. The quantitative estimate of drug-likeness (QED) is 0.336. The van der Waals surface area contributed by atoms with E-state index in [2.05, 4.69) is 50.0 Å². The zero-order valence-corrected chi connectivity index (χ0v) is 24.0. The average Bonchev–Trinajstić information content (AvgIpc) is 3.48. The van der Waals surface area contributed by atoms with Crippen LogP contribution >= 0.6 is 23.4 Å². The van der Waals surface area contributed by atoms with Crippen LogP contribution in [0.2, 0.25) is 5.02 Å². The number of hydrogen-bond donors (Lipinski definition) is 1. The van der Waals surface area contributed by atoms with Gasteiger partial charge in [0.1, 0.15) is 4.91 Å². The van der Waals surface area contributed by atoms with Crippen molar-refractivity contribution in [3.63, 3.8) is 0 Å². The minimum absolute atomic E-state index is 0.00422. The zero-order chi connectivity index (χ0) is 26.3. The van der Waals surface area contributed by atoms with Gasteiger partial charge < -0.3 is 10.2 Å². The summed E-state index contributed by atoms with van der Waals surface area (Å²) in [7, 11) is 3.58. The topological polar surface area (TPSA) is 61.8 Å². The predicted octanol–water partition coefficient (Wildman–Crippen LogP) is 5.89. The van der Waals surface area contributed by atoms with Gasteiger partial charge in [-0.2, -0.15) is 0 Å². The van der Waals surface area contributed by atoms with Gasteiger partial charge in [0.25, 0.3) is 5.91 Å². The van der Waals surface area contributed by atoms with Gasteiger partial charge in [-0.1, -0.05) is 63.8 Å². The minimum atomic E-state index is -0.354. The number of carbonyl (C=O) groups excluding carboxylic acids is 2. The number of rotatable bonds is 8. The van der Waals surface area contributed by atoms with E-state index in [0.29, 0.717) is 11.6 Å². The molecule has 0 bridgehead atoms. The van der Waals surface area contributed by atoms with E-state index in [-0.39, 0.29) is 39.8 Å². The molecule has 4 atom stereocenters. The summed E-state index contributed by atoms with van der Waals surface area (Å²) in [4.78, 5) is 35.3. The van der Waals surface area contributed by atoms with Crippen LogP contribution in [0.25, 0.3) is 0 Å². The van der Waals surface area contributed by atoms with Gasteiger partial charge in [-0.05, 0) is 48.7 Å². The molecule has 3 heterocycles. The van der Waals surface area contributed by atoms with Gasteiger partial charge >= 0.3 is 5.91 Å². The lowest BCUT2D eigenvalue weighted by molar-refractivity contribution is -0.835. The van der Waals surface area contributed by atoms with Crippen LogP contribution in [0.15, 0.2) is 39.9 Å². The fourth-order valence-corrected chi connectivity index (χ4v) is 7.75. The maximum Gasteiger partial charge on any atom is 0.354 e. The molecule has 3 aliphatic rings. The first-order chi connectivity index (χ1) is 17.1. The number of amides is 2. The molecule has 1 aromatic rings. The summed E-state index contributed by atoms with van der Waals surface area (Å²) in [6, 6.07) is 7.73. The lowest BCUT2D eigenvalue weighted by Gasteiger charge is -2.37. The van der Waals surface area contributed by atoms with E-state index in [1.54, 1.807) is 7.05 Å². The minimum Gasteiger partial charge on any atom is -0.354 e. The van der Waals surface area contributed by atoms with E-state index in [4.69, 9.17) is 16.6 Å². The molecular formula is C28H40ClN4O2S+. The molecule has 6 nitrogen and oxygen atoms in total. The molecule has 1 fully saturated rings. The van der Waals surface area contributed by atoms with E-state index in [1.807, 2.05) is 19.2 Å². The van der Waals surface area contributed by atoms with Gasteiger partial charge in [0.05, 0.1) is 25.2 Å². The second-order valence-corrected chi connectivity index (χ2v) is 12.5. The SMILES string of the molecule is CCCCC[C@]1(C)N=C2SC(C(=O)[N+]3(C)CCC[C@H]3C(=O)NC)=C(C(C)C)N2[C@@H]1c1ccc(Cl)cc1. The van der Waals surface area contributed by atoms with Crippen molar-refractivity contribution in [2.45, 2.75) is 83.8 Å². The predicted molar refractivity (Wildman–Crippen MR) is 149 cm³/mol. The first-order valence-corrected chi connectivity index (χ1v) is 14.4. The fourth-order valence-electron chi connectivity index (χ4n) is 6.15. The third-order valence-electron chi connectivity index (χ3n) is 8.10. The molecule has 8 heteroatoms. The number of amidine groups is 1. The van der Waals surface area contributed by atoms with Gasteiger partial charge in [0.2, 0.25) is 0 Å². The molecule has 4 rings (SSSR count). The van der Waals surface area contributed by atoms with Gasteiger partial charge in [0, 0.05) is 30.6 Å². The van der Waals surface area contributed by atoms with Crippen LogP contribution in [-0.4, -0.2) is 58.6 Å². The van der Waals surface area contributed by atoms with E-state index in [9.17, 15) is 9.59 Å². The molecule has 0 aromatic heterocycles. The molecule has 0 aliphatic carbocycles. The normalized spacial score (nSPS) is 29.7. The Morgan fingerprint density at radius 1 is 1.28 bits per heavy atom. The van der Waals surface area contributed by atoms with E-state index in [1.165, 1.54) is 18.2 Å². The summed E-state index contributed by atoms with van der Waals surface area (Å²) >= 11 is 7.76. The summed E-state index contributed by atoms with van der Waals surface area (Å²) in [6.45, 7) is 9.45. The molecule has 1 saturated heterocycles. The number of allylic oxidation sites excluding steroid dienone is 1. The van der Waals surface area contributed by atoms with Gasteiger partial charge in [0.15, 0.2) is 11.2 Å². The number of likely N-dealkylation sites (N-methyl/N-ethyl adjacent to an activating group) is 2. The number of halogens is 1. The maximum atomic E-state index is 14.2. The zero-order valence-electron chi connectivity index (χ0n) is 22.4. The van der Waals surface area contributed by atoms with Crippen molar-refractivity contribution in [2.75, 3.05) is 20.6 Å². The Hall–Kier alpha value is -1.83. The molecular weight excluding hydrogens is 492 g/mol. The Kier molecular flexibility index (Phi) is 7.94. The molecule has 2 amide bonds. The van der Waals surface area contributed by atoms with E-state index < -0.39 is 0 Å². The van der Waals surface area contributed by atoms with E-state index in [0.717, 1.165) is 53.4 Å². The number of likely N-dealkylation sites (tertiary alicyclic amines) is 1. The summed E-state index contributed by atoms with van der Waals surface area (Å²) in [5.41, 5.74) is 1.90. The number of fused-ring (bicyclic) bond motifs is 1. The largest absolute Gasteiger partial charge is 0.354 e. The number of nitrogens with one attached hydrogen (secondary N) is 1. The second kappa shape index (κ2) is 10.5. The standard InChI is InChI=1S/C28H39ClN4O2S/c1-7-8-9-16-28(4)24(19-12-14-20(29)15-13-19)32-22(18(2)3)23(36-27(32)31-28)26(35)33(6)17-10-11-21(33)25(34)30-5/h12-15,18,21,24H,7-11,16-17H2,1-6H3/p+1/t21-,24+,28-,33?/m0/s1. The van der Waals surface area contributed by atoms with Crippen molar-refractivity contribution < 1.29 is 14.1 Å². The Morgan fingerprint density at radius 2 is 1.97 bits per heavy atom. The van der Waals surface area contributed by atoms with Crippen LogP contribution in [0.5, 0.6) is 0 Å². The summed E-state index contributed by atoms with van der Waals surface area (Å²) in [6.07, 6.45) is 6.02. The molecule has 1 N–H and O–H groups in total.